The molecule has 0 saturated carbocycles. The van der Waals surface area contributed by atoms with E-state index in [4.69, 9.17) is 0 Å². The van der Waals surface area contributed by atoms with Crippen LogP contribution in [-0.2, 0) is 22.4 Å². The molecule has 2 amide bonds. The van der Waals surface area contributed by atoms with E-state index in [0.29, 0.717) is 5.69 Å². The summed E-state index contributed by atoms with van der Waals surface area (Å²) >= 11 is 0. The molecular weight excluding hydrogens is 338 g/mol. The number of carbonyl (C=O) groups is 2. The van der Waals surface area contributed by atoms with Gasteiger partial charge in [-0.1, -0.05) is 24.3 Å². The summed E-state index contributed by atoms with van der Waals surface area (Å²) in [6, 6.07) is 13.7. The average molecular weight is 363 g/mol. The fourth-order valence-corrected chi connectivity index (χ4v) is 4.10. The van der Waals surface area contributed by atoms with Gasteiger partial charge in [-0.25, -0.2) is 0 Å². The maximum Gasteiger partial charge on any atom is 0.250 e. The van der Waals surface area contributed by atoms with Crippen LogP contribution >= 0.6 is 0 Å². The number of rotatable bonds is 3. The highest BCUT2D eigenvalue weighted by Crippen LogP contribution is 2.36. The first-order chi connectivity index (χ1) is 13.0. The molecule has 0 bridgehead atoms. The van der Waals surface area contributed by atoms with E-state index >= 15 is 0 Å². The summed E-state index contributed by atoms with van der Waals surface area (Å²) in [5, 5.41) is 6.23. The number of nitrogens with one attached hydrogen (secondary N) is 2. The lowest BCUT2D eigenvalue weighted by molar-refractivity contribution is -0.125. The summed E-state index contributed by atoms with van der Waals surface area (Å²) in [4.78, 5) is 27.3. The molecule has 0 spiro atoms. The summed E-state index contributed by atoms with van der Waals surface area (Å²) in [7, 11) is 0. The molecule has 2 N–H and O–H groups in total. The average Bonchev–Trinajstić information content (AvgIpc) is 2.67. The molecule has 0 unspecified atom stereocenters. The van der Waals surface area contributed by atoms with Crippen LogP contribution in [0.3, 0.4) is 0 Å². The van der Waals surface area contributed by atoms with Gasteiger partial charge in [-0.2, -0.15) is 0 Å². The Hall–Kier alpha value is -2.82. The smallest absolute Gasteiger partial charge is 0.250 e. The van der Waals surface area contributed by atoms with Gasteiger partial charge in [0.15, 0.2) is 0 Å². The van der Waals surface area contributed by atoms with E-state index in [1.165, 1.54) is 24.0 Å². The Labute approximate surface area is 159 Å². The minimum atomic E-state index is -0.941. The number of nitrogens with zero attached hydrogens (tertiary/aromatic N) is 1. The van der Waals surface area contributed by atoms with Gasteiger partial charge >= 0.3 is 0 Å². The van der Waals surface area contributed by atoms with Crippen molar-refractivity contribution in [3.63, 3.8) is 0 Å². The van der Waals surface area contributed by atoms with Gasteiger partial charge in [-0.05, 0) is 68.9 Å². The van der Waals surface area contributed by atoms with Crippen LogP contribution in [0, 0.1) is 0 Å². The number of benzene rings is 2. The van der Waals surface area contributed by atoms with E-state index in [1.807, 2.05) is 36.4 Å². The van der Waals surface area contributed by atoms with Crippen LogP contribution in [-0.4, -0.2) is 23.9 Å². The van der Waals surface area contributed by atoms with Crippen molar-refractivity contribution in [2.24, 2.45) is 0 Å². The standard InChI is InChI=1S/C22H25N3O2/c1-22(2)21(27)24-18-11-5-6-13-19(18)25(22)20(26)14-23-17-12-7-9-15-8-3-4-10-16(15)17/h5-7,9,11-13,23H,3-4,8,10,14H2,1-2H3,(H,24,27). The maximum absolute atomic E-state index is 13.1. The number of carbonyl (C=O) groups excluding carboxylic acids is 2. The summed E-state index contributed by atoms with van der Waals surface area (Å²) in [6.07, 6.45) is 4.56. The van der Waals surface area contributed by atoms with Crippen molar-refractivity contribution in [2.75, 3.05) is 22.1 Å². The fourth-order valence-electron chi connectivity index (χ4n) is 4.10. The lowest BCUT2D eigenvalue weighted by atomic mass is 9.90. The van der Waals surface area contributed by atoms with Gasteiger partial charge in [0.2, 0.25) is 11.8 Å². The molecule has 2 aliphatic rings. The van der Waals surface area contributed by atoms with Gasteiger partial charge in [0, 0.05) is 5.69 Å². The van der Waals surface area contributed by atoms with Crippen LogP contribution in [0.25, 0.3) is 0 Å². The second kappa shape index (κ2) is 6.72. The zero-order valence-electron chi connectivity index (χ0n) is 15.8. The molecule has 0 atom stereocenters. The Morgan fingerprint density at radius 3 is 2.74 bits per heavy atom. The zero-order chi connectivity index (χ0) is 19.0. The van der Waals surface area contributed by atoms with E-state index in [-0.39, 0.29) is 18.4 Å². The van der Waals surface area contributed by atoms with Crippen LogP contribution in [0.4, 0.5) is 17.1 Å². The Morgan fingerprint density at radius 2 is 1.89 bits per heavy atom. The quantitative estimate of drug-likeness (QED) is 0.873. The highest BCUT2D eigenvalue weighted by molar-refractivity contribution is 6.14. The molecule has 140 valence electrons. The number of amides is 2. The zero-order valence-corrected chi connectivity index (χ0v) is 15.8. The van der Waals surface area contributed by atoms with Crippen LogP contribution in [0.2, 0.25) is 0 Å². The molecule has 4 rings (SSSR count). The number of para-hydroxylation sites is 2. The first-order valence-electron chi connectivity index (χ1n) is 9.56. The number of aryl methyl sites for hydroxylation is 1. The van der Waals surface area contributed by atoms with E-state index in [0.717, 1.165) is 24.2 Å². The summed E-state index contributed by atoms with van der Waals surface area (Å²) in [6.45, 7) is 3.71. The van der Waals surface area contributed by atoms with Crippen molar-refractivity contribution in [3.05, 3.63) is 53.6 Å². The maximum atomic E-state index is 13.1. The molecular formula is C22H25N3O2. The van der Waals surface area contributed by atoms with Crippen LogP contribution in [0.15, 0.2) is 42.5 Å². The van der Waals surface area contributed by atoms with E-state index in [2.05, 4.69) is 16.7 Å². The fraction of sp³-hybridized carbons (Fsp3) is 0.364. The second-order valence-electron chi connectivity index (χ2n) is 7.76. The first-order valence-corrected chi connectivity index (χ1v) is 9.56. The van der Waals surface area contributed by atoms with Crippen molar-refractivity contribution in [1.82, 2.24) is 0 Å². The first kappa shape index (κ1) is 17.6. The van der Waals surface area contributed by atoms with Crippen molar-refractivity contribution < 1.29 is 9.59 Å². The minimum absolute atomic E-state index is 0.115. The van der Waals surface area contributed by atoms with E-state index in [9.17, 15) is 9.59 Å². The van der Waals surface area contributed by atoms with Crippen molar-refractivity contribution in [2.45, 2.75) is 45.1 Å². The predicted octanol–water partition coefficient (Wildman–Crippen LogP) is 3.74. The Morgan fingerprint density at radius 1 is 1.11 bits per heavy atom. The van der Waals surface area contributed by atoms with Crippen LogP contribution in [0.5, 0.6) is 0 Å². The molecule has 0 aromatic heterocycles. The highest BCUT2D eigenvalue weighted by atomic mass is 16.2. The van der Waals surface area contributed by atoms with E-state index in [1.54, 1.807) is 18.7 Å². The van der Waals surface area contributed by atoms with Gasteiger partial charge in [-0.15, -0.1) is 0 Å². The topological polar surface area (TPSA) is 61.4 Å². The van der Waals surface area contributed by atoms with Gasteiger partial charge in [-0.3, -0.25) is 14.5 Å². The minimum Gasteiger partial charge on any atom is -0.376 e. The molecule has 0 fully saturated rings. The third-order valence-electron chi connectivity index (χ3n) is 5.58. The SMILES string of the molecule is CC1(C)C(=O)Nc2ccccc2N1C(=O)CNc1cccc2c1CCCC2. The lowest BCUT2D eigenvalue weighted by Crippen LogP contribution is -2.59. The number of hydrogen-bond acceptors (Lipinski definition) is 3. The van der Waals surface area contributed by atoms with Crippen molar-refractivity contribution in [3.8, 4) is 0 Å². The number of fused-ring (bicyclic) bond motifs is 2. The van der Waals surface area contributed by atoms with Crippen LogP contribution in [0.1, 0.15) is 37.8 Å². The second-order valence-corrected chi connectivity index (χ2v) is 7.76. The molecule has 2 aromatic carbocycles. The number of anilines is 3. The van der Waals surface area contributed by atoms with Crippen molar-refractivity contribution in [1.29, 1.82) is 0 Å². The van der Waals surface area contributed by atoms with Crippen LogP contribution < -0.4 is 15.5 Å². The van der Waals surface area contributed by atoms with Gasteiger partial charge in [0.25, 0.3) is 0 Å². The Balaban J connectivity index is 1.59. The molecule has 1 aliphatic carbocycles. The summed E-state index contributed by atoms with van der Waals surface area (Å²) < 4.78 is 0. The van der Waals surface area contributed by atoms with Gasteiger partial charge < -0.3 is 10.6 Å². The van der Waals surface area contributed by atoms with Crippen molar-refractivity contribution >= 4 is 28.9 Å². The molecule has 0 saturated heterocycles. The third-order valence-corrected chi connectivity index (χ3v) is 5.58. The third kappa shape index (κ3) is 3.07. The molecule has 27 heavy (non-hydrogen) atoms. The summed E-state index contributed by atoms with van der Waals surface area (Å²) in [5.41, 5.74) is 4.21. The Kier molecular flexibility index (Phi) is 4.38. The monoisotopic (exact) mass is 363 g/mol. The molecule has 0 radical (unpaired) electrons. The molecule has 1 aliphatic heterocycles. The highest BCUT2D eigenvalue weighted by Gasteiger charge is 2.43. The van der Waals surface area contributed by atoms with E-state index < -0.39 is 5.54 Å². The molecule has 1 heterocycles. The Bertz CT molecular complexity index is 904. The largest absolute Gasteiger partial charge is 0.376 e. The summed E-state index contributed by atoms with van der Waals surface area (Å²) in [5.74, 6) is -0.289. The lowest BCUT2D eigenvalue weighted by Gasteiger charge is -2.42. The molecule has 5 nitrogen and oxygen atoms in total. The molecule has 5 heteroatoms. The van der Waals surface area contributed by atoms with Gasteiger partial charge in [0.05, 0.1) is 17.9 Å². The number of hydrogen-bond donors (Lipinski definition) is 2. The predicted molar refractivity (Wildman–Crippen MR) is 108 cm³/mol. The van der Waals surface area contributed by atoms with Gasteiger partial charge in [0.1, 0.15) is 5.54 Å². The molecule has 2 aromatic rings. The normalized spacial score (nSPS) is 17.6.